The van der Waals surface area contributed by atoms with Crippen LogP contribution in [0, 0.1) is 0 Å². The first-order valence-electron chi connectivity index (χ1n) is 7.54. The molecule has 0 aromatic heterocycles. The van der Waals surface area contributed by atoms with Crippen LogP contribution in [0.2, 0.25) is 0 Å². The molecule has 4 N–H and O–H groups in total. The maximum absolute atomic E-state index is 12.6. The molecule has 1 unspecified atom stereocenters. The summed E-state index contributed by atoms with van der Waals surface area (Å²) in [5.74, 6) is 0.0110. The summed E-state index contributed by atoms with van der Waals surface area (Å²) >= 11 is 0. The van der Waals surface area contributed by atoms with Crippen molar-refractivity contribution in [3.63, 3.8) is 0 Å². The van der Waals surface area contributed by atoms with E-state index in [2.05, 4.69) is 16.5 Å². The summed E-state index contributed by atoms with van der Waals surface area (Å²) in [5.41, 5.74) is 7.53. The third kappa shape index (κ3) is 2.37. The van der Waals surface area contributed by atoms with Crippen molar-refractivity contribution in [2.24, 2.45) is 10.9 Å². The molecule has 1 saturated carbocycles. The zero-order chi connectivity index (χ0) is 14.9. The highest BCUT2D eigenvalue weighted by Gasteiger charge is 2.41. The predicted molar refractivity (Wildman–Crippen MR) is 80.3 cm³/mol. The summed E-state index contributed by atoms with van der Waals surface area (Å²) in [6.45, 7) is 0. The Balaban J connectivity index is 1.77. The Bertz CT molecular complexity index is 577. The first-order chi connectivity index (χ1) is 10.2. The van der Waals surface area contributed by atoms with E-state index in [1.165, 1.54) is 5.56 Å². The molecule has 21 heavy (non-hydrogen) atoms. The third-order valence-corrected chi connectivity index (χ3v) is 4.84. The topological polar surface area (TPSA) is 87.7 Å². The van der Waals surface area contributed by atoms with Crippen LogP contribution in [0.5, 0.6) is 0 Å². The molecule has 2 aliphatic rings. The SMILES string of the molecule is NC(=NO)C1(NC(=O)C2Cc3ccccc32)CCCCC1. The number of nitrogens with one attached hydrogen (secondary N) is 1. The summed E-state index contributed by atoms with van der Waals surface area (Å²) in [4.78, 5) is 12.6. The molecule has 1 atom stereocenters. The van der Waals surface area contributed by atoms with Crippen molar-refractivity contribution in [1.29, 1.82) is 0 Å². The molecule has 1 amide bonds. The van der Waals surface area contributed by atoms with E-state index < -0.39 is 5.54 Å². The van der Waals surface area contributed by atoms with Gasteiger partial charge in [0.05, 0.1) is 5.92 Å². The Morgan fingerprint density at radius 3 is 2.67 bits per heavy atom. The molecule has 1 aromatic carbocycles. The highest BCUT2D eigenvalue weighted by molar-refractivity contribution is 5.96. The molecule has 0 bridgehead atoms. The van der Waals surface area contributed by atoms with Crippen molar-refractivity contribution in [2.45, 2.75) is 50.0 Å². The minimum atomic E-state index is -0.672. The molecular formula is C16H21N3O2. The minimum absolute atomic E-state index is 0.0119. The van der Waals surface area contributed by atoms with Crippen LogP contribution >= 0.6 is 0 Å². The van der Waals surface area contributed by atoms with E-state index in [0.29, 0.717) is 0 Å². The van der Waals surface area contributed by atoms with Gasteiger partial charge in [0.1, 0.15) is 5.54 Å². The van der Waals surface area contributed by atoms with Gasteiger partial charge in [0.15, 0.2) is 5.84 Å². The third-order valence-electron chi connectivity index (χ3n) is 4.84. The number of nitrogens with two attached hydrogens (primary N) is 1. The second kappa shape index (κ2) is 5.39. The summed E-state index contributed by atoms with van der Waals surface area (Å²) in [6.07, 6.45) is 5.35. The summed E-state index contributed by atoms with van der Waals surface area (Å²) in [5, 5.41) is 15.3. The molecule has 0 aliphatic heterocycles. The lowest BCUT2D eigenvalue weighted by Gasteiger charge is -2.39. The fourth-order valence-corrected chi connectivity index (χ4v) is 3.51. The van der Waals surface area contributed by atoms with E-state index in [1.807, 2.05) is 18.2 Å². The van der Waals surface area contributed by atoms with Crippen LogP contribution < -0.4 is 11.1 Å². The number of carbonyl (C=O) groups is 1. The van der Waals surface area contributed by atoms with Crippen LogP contribution in [0.1, 0.15) is 49.1 Å². The normalized spacial score (nSPS) is 23.8. The van der Waals surface area contributed by atoms with Crippen LogP contribution in [0.3, 0.4) is 0 Å². The number of hydrogen-bond donors (Lipinski definition) is 3. The van der Waals surface area contributed by atoms with E-state index in [0.717, 1.165) is 44.1 Å². The van der Waals surface area contributed by atoms with Crippen molar-refractivity contribution in [3.05, 3.63) is 35.4 Å². The Kier molecular flexibility index (Phi) is 3.57. The largest absolute Gasteiger partial charge is 0.409 e. The zero-order valence-electron chi connectivity index (χ0n) is 12.0. The average molecular weight is 287 g/mol. The monoisotopic (exact) mass is 287 g/mol. The molecule has 2 aliphatic carbocycles. The lowest BCUT2D eigenvalue weighted by Crippen LogP contribution is -2.60. The summed E-state index contributed by atoms with van der Waals surface area (Å²) in [6, 6.07) is 8.00. The maximum atomic E-state index is 12.6. The number of oxime groups is 1. The first-order valence-corrected chi connectivity index (χ1v) is 7.54. The van der Waals surface area contributed by atoms with Crippen LogP contribution in [0.15, 0.2) is 29.4 Å². The summed E-state index contributed by atoms with van der Waals surface area (Å²) < 4.78 is 0. The molecule has 1 fully saturated rings. The highest BCUT2D eigenvalue weighted by atomic mass is 16.4. The molecule has 3 rings (SSSR count). The zero-order valence-corrected chi connectivity index (χ0v) is 12.0. The van der Waals surface area contributed by atoms with Gasteiger partial charge in [-0.2, -0.15) is 0 Å². The average Bonchev–Trinajstić information content (AvgIpc) is 2.48. The van der Waals surface area contributed by atoms with Crippen molar-refractivity contribution >= 4 is 11.7 Å². The second-order valence-electron chi connectivity index (χ2n) is 6.07. The van der Waals surface area contributed by atoms with E-state index in [-0.39, 0.29) is 17.7 Å². The Morgan fingerprint density at radius 1 is 1.29 bits per heavy atom. The van der Waals surface area contributed by atoms with Gasteiger partial charge in [-0.1, -0.05) is 48.7 Å². The maximum Gasteiger partial charge on any atom is 0.228 e. The standard InChI is InChI=1S/C16H21N3O2/c17-15(19-21)16(8-4-1-5-9-16)18-14(20)13-10-11-6-2-3-7-12(11)13/h2-3,6-7,13,21H,1,4-5,8-10H2,(H2,17,19)(H,18,20). The highest BCUT2D eigenvalue weighted by Crippen LogP contribution is 2.36. The van der Waals surface area contributed by atoms with Gasteiger partial charge in [-0.3, -0.25) is 4.79 Å². The molecule has 0 spiro atoms. The number of amides is 1. The van der Waals surface area contributed by atoms with E-state index >= 15 is 0 Å². The lowest BCUT2D eigenvalue weighted by atomic mass is 9.75. The van der Waals surface area contributed by atoms with Gasteiger partial charge < -0.3 is 16.3 Å². The molecule has 5 nitrogen and oxygen atoms in total. The lowest BCUT2D eigenvalue weighted by molar-refractivity contribution is -0.124. The van der Waals surface area contributed by atoms with Gasteiger partial charge in [-0.05, 0) is 30.4 Å². The van der Waals surface area contributed by atoms with Gasteiger partial charge in [0.2, 0.25) is 5.91 Å². The second-order valence-corrected chi connectivity index (χ2v) is 6.07. The Hall–Kier alpha value is -2.04. The number of rotatable bonds is 3. The van der Waals surface area contributed by atoms with Crippen molar-refractivity contribution in [3.8, 4) is 0 Å². The van der Waals surface area contributed by atoms with Crippen molar-refractivity contribution in [1.82, 2.24) is 5.32 Å². The Labute approximate surface area is 124 Å². The van der Waals surface area contributed by atoms with Gasteiger partial charge in [0, 0.05) is 0 Å². The van der Waals surface area contributed by atoms with Crippen molar-refractivity contribution in [2.75, 3.05) is 0 Å². The number of nitrogens with zero attached hydrogens (tertiary/aromatic N) is 1. The fraction of sp³-hybridized carbons (Fsp3) is 0.500. The number of carbonyl (C=O) groups excluding carboxylic acids is 1. The first kappa shape index (κ1) is 13.9. The molecule has 5 heteroatoms. The van der Waals surface area contributed by atoms with Crippen LogP contribution in [0.4, 0.5) is 0 Å². The van der Waals surface area contributed by atoms with Crippen LogP contribution in [0.25, 0.3) is 0 Å². The van der Waals surface area contributed by atoms with Crippen LogP contribution in [-0.4, -0.2) is 22.5 Å². The molecular weight excluding hydrogens is 266 g/mol. The number of amidine groups is 1. The molecule has 0 saturated heterocycles. The van der Waals surface area contributed by atoms with Crippen molar-refractivity contribution < 1.29 is 10.0 Å². The summed E-state index contributed by atoms with van der Waals surface area (Å²) in [7, 11) is 0. The van der Waals surface area contributed by atoms with Gasteiger partial charge in [-0.15, -0.1) is 0 Å². The minimum Gasteiger partial charge on any atom is -0.409 e. The molecule has 0 heterocycles. The number of fused-ring (bicyclic) bond motifs is 1. The quantitative estimate of drug-likeness (QED) is 0.343. The van der Waals surface area contributed by atoms with Gasteiger partial charge in [0.25, 0.3) is 0 Å². The predicted octanol–water partition coefficient (Wildman–Crippen LogP) is 1.89. The fourth-order valence-electron chi connectivity index (χ4n) is 3.51. The van der Waals surface area contributed by atoms with Gasteiger partial charge >= 0.3 is 0 Å². The molecule has 1 aromatic rings. The Morgan fingerprint density at radius 2 is 2.00 bits per heavy atom. The van der Waals surface area contributed by atoms with E-state index in [9.17, 15) is 4.79 Å². The van der Waals surface area contributed by atoms with Gasteiger partial charge in [-0.25, -0.2) is 0 Å². The molecule has 112 valence electrons. The van der Waals surface area contributed by atoms with E-state index in [4.69, 9.17) is 10.9 Å². The molecule has 0 radical (unpaired) electrons. The van der Waals surface area contributed by atoms with Crippen LogP contribution in [-0.2, 0) is 11.2 Å². The number of hydrogen-bond acceptors (Lipinski definition) is 3. The smallest absolute Gasteiger partial charge is 0.228 e. The van der Waals surface area contributed by atoms with E-state index in [1.54, 1.807) is 0 Å². The number of benzene rings is 1.